The first-order valence-electron chi connectivity index (χ1n) is 8.52. The first-order valence-corrected chi connectivity index (χ1v) is 8.52. The molecule has 2 aliphatic heterocycles. The second-order valence-electron chi connectivity index (χ2n) is 6.31. The Morgan fingerprint density at radius 3 is 2.88 bits per heavy atom. The van der Waals surface area contributed by atoms with Crippen molar-refractivity contribution in [2.45, 2.75) is 44.9 Å². The Hall–Kier alpha value is -2.57. The van der Waals surface area contributed by atoms with Crippen molar-refractivity contribution in [1.82, 2.24) is 10.2 Å². The number of fused-ring (bicyclic) bond motifs is 1. The normalized spacial score (nSPS) is 24.0. The first kappa shape index (κ1) is 17.3. The summed E-state index contributed by atoms with van der Waals surface area (Å²) in [6.07, 6.45) is 0.951. The standard InChI is InChI=1S/C18H22N2O5/c1-3-24-17(23)12(2)20-11-10-18(9-8-15(20)21)19-16(22)13-6-4-5-7-14(13)25-18/h4-7,12H,3,8-11H2,1-2H3,(H,19,22)/t12-,18-/m0/s1. The Balaban J connectivity index is 1.78. The van der Waals surface area contributed by atoms with Crippen LogP contribution in [0.25, 0.3) is 0 Å². The summed E-state index contributed by atoms with van der Waals surface area (Å²) < 4.78 is 11.1. The van der Waals surface area contributed by atoms with Gasteiger partial charge in [0.2, 0.25) is 5.91 Å². The molecule has 7 nitrogen and oxygen atoms in total. The van der Waals surface area contributed by atoms with Crippen LogP contribution in [0.15, 0.2) is 24.3 Å². The number of benzene rings is 1. The van der Waals surface area contributed by atoms with Crippen LogP contribution in [0.5, 0.6) is 5.75 Å². The van der Waals surface area contributed by atoms with Crippen molar-refractivity contribution in [3.63, 3.8) is 0 Å². The highest BCUT2D eigenvalue weighted by molar-refractivity contribution is 5.98. The zero-order valence-electron chi connectivity index (χ0n) is 14.4. The third-order valence-corrected chi connectivity index (χ3v) is 4.69. The van der Waals surface area contributed by atoms with E-state index in [4.69, 9.17) is 9.47 Å². The molecule has 0 aromatic heterocycles. The molecule has 1 fully saturated rings. The van der Waals surface area contributed by atoms with Crippen LogP contribution in [0, 0.1) is 0 Å². The fourth-order valence-electron chi connectivity index (χ4n) is 3.28. The SMILES string of the molecule is CCOC(=O)[C@H](C)N1CC[C@@]2(CCC1=O)NC(=O)c1ccccc1O2. The highest BCUT2D eigenvalue weighted by Crippen LogP contribution is 2.34. The Morgan fingerprint density at radius 2 is 2.12 bits per heavy atom. The summed E-state index contributed by atoms with van der Waals surface area (Å²) in [5, 5.41) is 2.91. The Morgan fingerprint density at radius 1 is 1.36 bits per heavy atom. The molecule has 2 heterocycles. The summed E-state index contributed by atoms with van der Waals surface area (Å²) in [6.45, 7) is 3.96. The van der Waals surface area contributed by atoms with Gasteiger partial charge in [0.25, 0.3) is 5.91 Å². The van der Waals surface area contributed by atoms with E-state index in [2.05, 4.69) is 5.32 Å². The van der Waals surface area contributed by atoms with Crippen LogP contribution in [0.4, 0.5) is 0 Å². The van der Waals surface area contributed by atoms with Crippen LogP contribution in [0.1, 0.15) is 43.5 Å². The second kappa shape index (κ2) is 6.74. The maximum Gasteiger partial charge on any atom is 0.328 e. The van der Waals surface area contributed by atoms with Crippen molar-refractivity contribution in [3.05, 3.63) is 29.8 Å². The molecule has 25 heavy (non-hydrogen) atoms. The number of rotatable bonds is 3. The van der Waals surface area contributed by atoms with Gasteiger partial charge in [-0.15, -0.1) is 0 Å². The molecule has 0 bridgehead atoms. The third kappa shape index (κ3) is 3.31. The number of hydrogen-bond acceptors (Lipinski definition) is 5. The number of carbonyl (C=O) groups excluding carboxylic acids is 3. The quantitative estimate of drug-likeness (QED) is 0.838. The fourth-order valence-corrected chi connectivity index (χ4v) is 3.28. The minimum absolute atomic E-state index is 0.144. The number of esters is 1. The molecule has 2 amide bonds. The van der Waals surface area contributed by atoms with Gasteiger partial charge in [0.05, 0.1) is 12.2 Å². The summed E-state index contributed by atoms with van der Waals surface area (Å²) >= 11 is 0. The molecular weight excluding hydrogens is 324 g/mol. The predicted octanol–water partition coefficient (Wildman–Crippen LogP) is 1.47. The van der Waals surface area contributed by atoms with E-state index in [9.17, 15) is 14.4 Å². The van der Waals surface area contributed by atoms with Gasteiger partial charge in [0.15, 0.2) is 5.72 Å². The van der Waals surface area contributed by atoms with Crippen LogP contribution in [-0.4, -0.2) is 47.6 Å². The molecule has 0 aliphatic carbocycles. The second-order valence-corrected chi connectivity index (χ2v) is 6.31. The van der Waals surface area contributed by atoms with Crippen LogP contribution in [0.2, 0.25) is 0 Å². The van der Waals surface area contributed by atoms with Gasteiger partial charge in [-0.05, 0) is 26.0 Å². The fraction of sp³-hybridized carbons (Fsp3) is 0.500. The number of carbonyl (C=O) groups is 3. The largest absolute Gasteiger partial charge is 0.467 e. The van der Waals surface area contributed by atoms with E-state index in [1.165, 1.54) is 4.90 Å². The van der Waals surface area contributed by atoms with Crippen molar-refractivity contribution in [2.75, 3.05) is 13.2 Å². The van der Waals surface area contributed by atoms with Crippen molar-refractivity contribution in [3.8, 4) is 5.75 Å². The maximum atomic E-state index is 12.5. The van der Waals surface area contributed by atoms with Gasteiger partial charge in [-0.25, -0.2) is 4.79 Å². The lowest BCUT2D eigenvalue weighted by Gasteiger charge is -2.38. The molecule has 1 N–H and O–H groups in total. The molecule has 1 saturated heterocycles. The maximum absolute atomic E-state index is 12.5. The van der Waals surface area contributed by atoms with E-state index in [0.29, 0.717) is 30.7 Å². The first-order chi connectivity index (χ1) is 12.0. The average Bonchev–Trinajstić information content (AvgIpc) is 2.74. The lowest BCUT2D eigenvalue weighted by Crippen LogP contribution is -2.56. The van der Waals surface area contributed by atoms with Gasteiger partial charge in [-0.2, -0.15) is 0 Å². The monoisotopic (exact) mass is 346 g/mol. The molecule has 0 unspecified atom stereocenters. The lowest BCUT2D eigenvalue weighted by atomic mass is 10.0. The highest BCUT2D eigenvalue weighted by atomic mass is 16.5. The van der Waals surface area contributed by atoms with Crippen molar-refractivity contribution in [2.24, 2.45) is 0 Å². The third-order valence-electron chi connectivity index (χ3n) is 4.69. The Bertz CT molecular complexity index is 704. The smallest absolute Gasteiger partial charge is 0.328 e. The number of nitrogens with one attached hydrogen (secondary N) is 1. The molecule has 1 spiro atoms. The van der Waals surface area contributed by atoms with Crippen LogP contribution >= 0.6 is 0 Å². The molecule has 1 aromatic carbocycles. The Labute approximate surface area is 146 Å². The van der Waals surface area contributed by atoms with Crippen LogP contribution in [0.3, 0.4) is 0 Å². The van der Waals surface area contributed by atoms with E-state index in [-0.39, 0.29) is 24.8 Å². The van der Waals surface area contributed by atoms with E-state index in [1.54, 1.807) is 32.0 Å². The van der Waals surface area contributed by atoms with Gasteiger partial charge in [0, 0.05) is 25.8 Å². The van der Waals surface area contributed by atoms with Gasteiger partial charge in [-0.3, -0.25) is 9.59 Å². The molecule has 0 radical (unpaired) electrons. The Kier molecular flexibility index (Phi) is 4.65. The predicted molar refractivity (Wildman–Crippen MR) is 88.9 cm³/mol. The summed E-state index contributed by atoms with van der Waals surface area (Å²) in [6, 6.07) is 6.38. The average molecular weight is 346 g/mol. The zero-order valence-corrected chi connectivity index (χ0v) is 14.4. The van der Waals surface area contributed by atoms with Crippen molar-refractivity contribution in [1.29, 1.82) is 0 Å². The van der Waals surface area contributed by atoms with Crippen LogP contribution < -0.4 is 10.1 Å². The number of para-hydroxylation sites is 1. The minimum atomic E-state index is -0.926. The number of nitrogens with zero attached hydrogens (tertiary/aromatic N) is 1. The highest BCUT2D eigenvalue weighted by Gasteiger charge is 2.43. The van der Waals surface area contributed by atoms with Gasteiger partial charge in [-0.1, -0.05) is 12.1 Å². The molecule has 7 heteroatoms. The lowest BCUT2D eigenvalue weighted by molar-refractivity contribution is -0.153. The molecule has 2 atom stereocenters. The molecule has 0 saturated carbocycles. The van der Waals surface area contributed by atoms with Crippen molar-refractivity contribution >= 4 is 17.8 Å². The summed E-state index contributed by atoms with van der Waals surface area (Å²) in [7, 11) is 0. The number of likely N-dealkylation sites (tertiary alicyclic amines) is 1. The van der Waals surface area contributed by atoms with E-state index >= 15 is 0 Å². The molecular formula is C18H22N2O5. The number of hydrogen-bond donors (Lipinski definition) is 1. The van der Waals surface area contributed by atoms with E-state index in [1.807, 2.05) is 6.07 Å². The molecule has 3 rings (SSSR count). The van der Waals surface area contributed by atoms with E-state index in [0.717, 1.165) is 0 Å². The van der Waals surface area contributed by atoms with Gasteiger partial charge < -0.3 is 19.7 Å². The summed E-state index contributed by atoms with van der Waals surface area (Å²) in [5.41, 5.74) is -0.440. The number of ether oxygens (including phenoxy) is 2. The van der Waals surface area contributed by atoms with Crippen molar-refractivity contribution < 1.29 is 23.9 Å². The molecule has 2 aliphatic rings. The zero-order chi connectivity index (χ0) is 18.0. The number of amides is 2. The van der Waals surface area contributed by atoms with Crippen LogP contribution in [-0.2, 0) is 14.3 Å². The molecule has 1 aromatic rings. The van der Waals surface area contributed by atoms with E-state index < -0.39 is 17.7 Å². The summed E-state index contributed by atoms with van der Waals surface area (Å²) in [5.74, 6) is -0.258. The van der Waals surface area contributed by atoms with Gasteiger partial charge in [0.1, 0.15) is 11.8 Å². The minimum Gasteiger partial charge on any atom is -0.467 e. The van der Waals surface area contributed by atoms with Gasteiger partial charge >= 0.3 is 5.97 Å². The summed E-state index contributed by atoms with van der Waals surface area (Å²) in [4.78, 5) is 38.3. The topological polar surface area (TPSA) is 84.9 Å². The molecule has 134 valence electrons.